The molecule has 1 aliphatic heterocycles. The first-order chi connectivity index (χ1) is 14.1. The summed E-state index contributed by atoms with van der Waals surface area (Å²) in [6.07, 6.45) is 0.903. The summed E-state index contributed by atoms with van der Waals surface area (Å²) in [4.78, 5) is 2.31. The summed E-state index contributed by atoms with van der Waals surface area (Å²) in [5, 5.41) is 0.155. The summed E-state index contributed by atoms with van der Waals surface area (Å²) in [7, 11) is -1.90. The van der Waals surface area contributed by atoms with Gasteiger partial charge in [-0.05, 0) is 109 Å². The van der Waals surface area contributed by atoms with Crippen molar-refractivity contribution in [3.05, 3.63) is 62.7 Å². The van der Waals surface area contributed by atoms with Crippen LogP contribution in [0.5, 0.6) is 5.75 Å². The van der Waals surface area contributed by atoms with Gasteiger partial charge in [-0.3, -0.25) is 4.90 Å². The molecule has 0 bridgehead atoms. The second-order valence-corrected chi connectivity index (χ2v) is 17.1. The summed E-state index contributed by atoms with van der Waals surface area (Å²) < 4.78 is 22.6. The van der Waals surface area contributed by atoms with Crippen molar-refractivity contribution in [3.8, 4) is 5.75 Å². The molecule has 0 aromatic heterocycles. The topological polar surface area (TPSA) is 12.5 Å². The van der Waals surface area contributed by atoms with E-state index in [1.807, 2.05) is 0 Å². The highest BCUT2D eigenvalue weighted by molar-refractivity contribution is 14.1. The maximum absolute atomic E-state index is 14.8. The van der Waals surface area contributed by atoms with Crippen LogP contribution in [-0.2, 0) is 12.0 Å². The Morgan fingerprint density at radius 2 is 1.68 bits per heavy atom. The van der Waals surface area contributed by atoms with Crippen LogP contribution < -0.4 is 4.43 Å². The molecule has 0 fully saturated rings. The molecule has 2 aromatic rings. The van der Waals surface area contributed by atoms with E-state index in [2.05, 4.69) is 111 Å². The average molecular weight is 554 g/mol. The molecule has 1 aliphatic rings. The molecule has 5 heteroatoms. The second kappa shape index (κ2) is 8.45. The molecule has 1 atom stereocenters. The predicted octanol–water partition coefficient (Wildman–Crippen LogP) is 7.54. The first-order valence-corrected chi connectivity index (χ1v) is 15.1. The van der Waals surface area contributed by atoms with Gasteiger partial charge in [0.25, 0.3) is 0 Å². The minimum absolute atomic E-state index is 0.155. The van der Waals surface area contributed by atoms with Gasteiger partial charge >= 0.3 is 0 Å². The number of fused-ring (bicyclic) bond motifs is 1. The number of benzene rings is 2. The normalized spacial score (nSPS) is 20.5. The van der Waals surface area contributed by atoms with Crippen molar-refractivity contribution in [2.45, 2.75) is 77.3 Å². The lowest BCUT2D eigenvalue weighted by molar-refractivity contribution is 0.0540. The van der Waals surface area contributed by atoms with Gasteiger partial charge in [0.05, 0.1) is 5.54 Å². The van der Waals surface area contributed by atoms with Crippen LogP contribution in [0.3, 0.4) is 0 Å². The lowest BCUT2D eigenvalue weighted by atomic mass is 9.76. The molecule has 1 heterocycles. The third-order valence-electron chi connectivity index (χ3n) is 7.04. The standard InChI is InChI=1S/C26H37FINOSi/c1-24(2,3)31(7,8)30-22-13-14-23-19(17-22)15-16-29(18-25(4,5)27)26(23,6)20-9-11-21(28)12-10-20/h9-14,17H,15-16,18H2,1-8H3. The van der Waals surface area contributed by atoms with Gasteiger partial charge in [-0.25, -0.2) is 4.39 Å². The summed E-state index contributed by atoms with van der Waals surface area (Å²) in [6.45, 7) is 18.2. The molecule has 0 amide bonds. The van der Waals surface area contributed by atoms with E-state index in [1.165, 1.54) is 20.3 Å². The number of hydrogen-bond acceptors (Lipinski definition) is 2. The fraction of sp³-hybridized carbons (Fsp3) is 0.538. The molecule has 0 N–H and O–H groups in total. The highest BCUT2D eigenvalue weighted by Gasteiger charge is 2.43. The first kappa shape index (κ1) is 24.7. The van der Waals surface area contributed by atoms with Crippen LogP contribution in [0, 0.1) is 3.57 Å². The van der Waals surface area contributed by atoms with E-state index in [9.17, 15) is 4.39 Å². The molecular formula is C26H37FINOSi. The van der Waals surface area contributed by atoms with E-state index < -0.39 is 14.0 Å². The van der Waals surface area contributed by atoms with Gasteiger partial charge in [0.2, 0.25) is 8.32 Å². The Bertz CT molecular complexity index is 930. The lowest BCUT2D eigenvalue weighted by Gasteiger charge is -2.48. The molecule has 0 saturated heterocycles. The van der Waals surface area contributed by atoms with Crippen molar-refractivity contribution < 1.29 is 8.82 Å². The van der Waals surface area contributed by atoms with Crippen molar-refractivity contribution in [3.63, 3.8) is 0 Å². The van der Waals surface area contributed by atoms with Gasteiger partial charge in [0.1, 0.15) is 11.4 Å². The Labute approximate surface area is 202 Å². The average Bonchev–Trinajstić information content (AvgIpc) is 2.62. The fourth-order valence-electron chi connectivity index (χ4n) is 4.22. The predicted molar refractivity (Wildman–Crippen MR) is 140 cm³/mol. The Kier molecular flexibility index (Phi) is 6.74. The van der Waals surface area contributed by atoms with Crippen LogP contribution in [0.2, 0.25) is 18.1 Å². The number of alkyl halides is 1. The van der Waals surface area contributed by atoms with E-state index in [-0.39, 0.29) is 10.6 Å². The molecule has 0 saturated carbocycles. The van der Waals surface area contributed by atoms with Gasteiger partial charge in [-0.15, -0.1) is 0 Å². The van der Waals surface area contributed by atoms with Crippen molar-refractivity contribution >= 4 is 30.9 Å². The van der Waals surface area contributed by atoms with Gasteiger partial charge in [0.15, 0.2) is 0 Å². The van der Waals surface area contributed by atoms with Crippen molar-refractivity contribution in [1.82, 2.24) is 4.90 Å². The second-order valence-electron chi connectivity index (χ2n) is 11.2. The number of nitrogens with zero attached hydrogens (tertiary/aromatic N) is 1. The van der Waals surface area contributed by atoms with Crippen LogP contribution in [0.25, 0.3) is 0 Å². The van der Waals surface area contributed by atoms with E-state index in [1.54, 1.807) is 13.8 Å². The third kappa shape index (κ3) is 5.19. The highest BCUT2D eigenvalue weighted by Crippen LogP contribution is 2.44. The minimum atomic E-state index is -1.90. The highest BCUT2D eigenvalue weighted by atomic mass is 127. The van der Waals surface area contributed by atoms with Crippen molar-refractivity contribution in [2.24, 2.45) is 0 Å². The lowest BCUT2D eigenvalue weighted by Crippen LogP contribution is -2.53. The molecular weight excluding hydrogens is 516 g/mol. The zero-order valence-corrected chi connectivity index (χ0v) is 23.4. The molecule has 170 valence electrons. The molecule has 2 aromatic carbocycles. The van der Waals surface area contributed by atoms with Crippen molar-refractivity contribution in [1.29, 1.82) is 0 Å². The third-order valence-corrected chi connectivity index (χ3v) is 12.1. The van der Waals surface area contributed by atoms with Gasteiger partial charge in [0, 0.05) is 16.7 Å². The quantitative estimate of drug-likeness (QED) is 0.280. The van der Waals surface area contributed by atoms with Gasteiger partial charge in [-0.1, -0.05) is 39.0 Å². The van der Waals surface area contributed by atoms with E-state index in [4.69, 9.17) is 4.43 Å². The fourth-order valence-corrected chi connectivity index (χ4v) is 5.60. The number of rotatable bonds is 5. The largest absolute Gasteiger partial charge is 0.543 e. The summed E-state index contributed by atoms with van der Waals surface area (Å²) >= 11 is 2.34. The maximum atomic E-state index is 14.8. The molecule has 0 spiro atoms. The zero-order valence-electron chi connectivity index (χ0n) is 20.3. The summed E-state index contributed by atoms with van der Waals surface area (Å²) in [6, 6.07) is 15.2. The molecule has 0 radical (unpaired) electrons. The van der Waals surface area contributed by atoms with E-state index >= 15 is 0 Å². The van der Waals surface area contributed by atoms with Gasteiger partial charge in [-0.2, -0.15) is 0 Å². The molecule has 3 rings (SSSR count). The monoisotopic (exact) mass is 553 g/mol. The van der Waals surface area contributed by atoms with Gasteiger partial charge < -0.3 is 4.43 Å². The van der Waals surface area contributed by atoms with Crippen LogP contribution in [-0.4, -0.2) is 32.0 Å². The van der Waals surface area contributed by atoms with Crippen LogP contribution in [0.1, 0.15) is 58.2 Å². The number of hydrogen-bond donors (Lipinski definition) is 0. The van der Waals surface area contributed by atoms with Crippen LogP contribution >= 0.6 is 22.6 Å². The SMILES string of the molecule is CC(C)(F)CN1CCc2cc(O[Si](C)(C)C(C)(C)C)ccc2C1(C)c1ccc(I)cc1. The van der Waals surface area contributed by atoms with E-state index in [0.29, 0.717) is 6.54 Å². The van der Waals surface area contributed by atoms with Crippen LogP contribution in [0.15, 0.2) is 42.5 Å². The molecule has 0 aliphatic carbocycles. The Hall–Kier alpha value is -0.923. The summed E-state index contributed by atoms with van der Waals surface area (Å²) in [5.74, 6) is 0.967. The molecule has 31 heavy (non-hydrogen) atoms. The zero-order chi connectivity index (χ0) is 23.2. The number of halogens is 2. The smallest absolute Gasteiger partial charge is 0.250 e. The molecule has 1 unspecified atom stereocenters. The summed E-state index contributed by atoms with van der Waals surface area (Å²) in [5.41, 5.74) is 2.14. The van der Waals surface area contributed by atoms with E-state index in [0.717, 1.165) is 18.7 Å². The minimum Gasteiger partial charge on any atom is -0.543 e. The molecule has 2 nitrogen and oxygen atoms in total. The van der Waals surface area contributed by atoms with Crippen LogP contribution in [0.4, 0.5) is 4.39 Å². The maximum Gasteiger partial charge on any atom is 0.250 e. The first-order valence-electron chi connectivity index (χ1n) is 11.2. The van der Waals surface area contributed by atoms with Crippen molar-refractivity contribution in [2.75, 3.05) is 13.1 Å². The Morgan fingerprint density at radius 3 is 2.23 bits per heavy atom. The Morgan fingerprint density at radius 1 is 1.06 bits per heavy atom. The Balaban J connectivity index is 2.06.